The molecule has 0 spiro atoms. The molecule has 0 radical (unpaired) electrons. The first-order valence-corrected chi connectivity index (χ1v) is 6.62. The number of rotatable bonds is 8. The number of nitrogens with one attached hydrogen (secondary N) is 2. The second-order valence-electron chi connectivity index (χ2n) is 4.29. The Morgan fingerprint density at radius 1 is 1.27 bits per heavy atom. The molecule has 2 aromatic rings. The van der Waals surface area contributed by atoms with Gasteiger partial charge < -0.3 is 15.4 Å². The maximum Gasteiger partial charge on any atom is 0.353 e. The van der Waals surface area contributed by atoms with Gasteiger partial charge in [0.15, 0.2) is 0 Å². The van der Waals surface area contributed by atoms with Crippen LogP contribution in [0.3, 0.4) is 0 Å². The van der Waals surface area contributed by atoms with E-state index in [9.17, 15) is 10.1 Å². The second kappa shape index (κ2) is 7.84. The van der Waals surface area contributed by atoms with Gasteiger partial charge in [0.05, 0.1) is 4.92 Å². The van der Waals surface area contributed by atoms with Crippen LogP contribution in [0.4, 0.5) is 23.1 Å². The second-order valence-corrected chi connectivity index (χ2v) is 4.29. The van der Waals surface area contributed by atoms with Crippen LogP contribution in [0, 0.1) is 10.1 Å². The van der Waals surface area contributed by atoms with Crippen molar-refractivity contribution in [1.82, 2.24) is 15.0 Å². The van der Waals surface area contributed by atoms with Gasteiger partial charge in [-0.2, -0.15) is 0 Å². The smallest absolute Gasteiger partial charge is 0.353 e. The van der Waals surface area contributed by atoms with E-state index in [1.807, 2.05) is 0 Å². The Morgan fingerprint density at radius 2 is 2.09 bits per heavy atom. The molecular formula is C13H16N6O3. The van der Waals surface area contributed by atoms with Gasteiger partial charge in [0, 0.05) is 26.5 Å². The third-order valence-corrected chi connectivity index (χ3v) is 2.73. The Hall–Kier alpha value is -2.81. The summed E-state index contributed by atoms with van der Waals surface area (Å²) in [6.45, 7) is 1.07. The predicted molar refractivity (Wildman–Crippen MR) is 81.2 cm³/mol. The predicted octanol–water partition coefficient (Wildman–Crippen LogP) is 1.97. The number of hydrogen-bond acceptors (Lipinski definition) is 8. The molecule has 9 heteroatoms. The molecule has 2 heterocycles. The first-order chi connectivity index (χ1) is 10.7. The summed E-state index contributed by atoms with van der Waals surface area (Å²) in [5.41, 5.74) is -0.217. The number of methoxy groups -OCH3 is 1. The maximum absolute atomic E-state index is 11.3. The number of ether oxygens (including phenoxy) is 1. The zero-order valence-corrected chi connectivity index (χ0v) is 12.0. The number of anilines is 3. The quantitative estimate of drug-likeness (QED) is 0.432. The number of nitrogens with zero attached hydrogens (tertiary/aromatic N) is 4. The summed E-state index contributed by atoms with van der Waals surface area (Å²) in [7, 11) is 1.60. The Balaban J connectivity index is 2.20. The molecule has 116 valence electrons. The van der Waals surface area contributed by atoms with Crippen molar-refractivity contribution in [3.63, 3.8) is 0 Å². The van der Waals surface area contributed by atoms with E-state index in [4.69, 9.17) is 4.74 Å². The van der Waals surface area contributed by atoms with Gasteiger partial charge in [0.25, 0.3) is 0 Å². The van der Waals surface area contributed by atoms with Gasteiger partial charge in [-0.1, -0.05) is 6.07 Å². The summed E-state index contributed by atoms with van der Waals surface area (Å²) >= 11 is 0. The fourth-order valence-electron chi connectivity index (χ4n) is 1.75. The molecule has 0 amide bonds. The van der Waals surface area contributed by atoms with Crippen LogP contribution >= 0.6 is 0 Å². The summed E-state index contributed by atoms with van der Waals surface area (Å²) in [6, 6.07) is 5.21. The average molecular weight is 304 g/mol. The van der Waals surface area contributed by atoms with Crippen molar-refractivity contribution in [3.8, 4) is 0 Å². The van der Waals surface area contributed by atoms with Crippen molar-refractivity contribution in [2.24, 2.45) is 0 Å². The largest absolute Gasteiger partial charge is 0.385 e. The summed E-state index contributed by atoms with van der Waals surface area (Å²) in [6.07, 6.45) is 3.55. The van der Waals surface area contributed by atoms with Crippen molar-refractivity contribution in [2.75, 3.05) is 30.9 Å². The lowest BCUT2D eigenvalue weighted by Crippen LogP contribution is -2.10. The lowest BCUT2D eigenvalue weighted by Gasteiger charge is -2.09. The molecule has 2 N–H and O–H groups in total. The molecule has 0 saturated heterocycles. The van der Waals surface area contributed by atoms with Gasteiger partial charge in [-0.3, -0.25) is 10.1 Å². The number of hydrogen-bond donors (Lipinski definition) is 2. The van der Waals surface area contributed by atoms with Crippen LogP contribution in [-0.2, 0) is 4.74 Å². The normalized spacial score (nSPS) is 10.2. The van der Waals surface area contributed by atoms with Crippen LogP contribution in [-0.4, -0.2) is 40.1 Å². The zero-order chi connectivity index (χ0) is 15.8. The molecule has 0 unspecified atom stereocenters. The molecule has 2 aromatic heterocycles. The van der Waals surface area contributed by atoms with E-state index in [0.29, 0.717) is 25.4 Å². The molecule has 0 atom stereocenters. The third-order valence-electron chi connectivity index (χ3n) is 2.73. The van der Waals surface area contributed by atoms with E-state index in [2.05, 4.69) is 25.6 Å². The van der Waals surface area contributed by atoms with E-state index in [-0.39, 0.29) is 17.3 Å². The minimum atomic E-state index is -0.524. The summed E-state index contributed by atoms with van der Waals surface area (Å²) in [5.74, 6) is 0.720. The molecule has 0 fully saturated rings. The minimum absolute atomic E-state index is 0.0907. The first kappa shape index (κ1) is 15.6. The van der Waals surface area contributed by atoms with Crippen molar-refractivity contribution < 1.29 is 9.66 Å². The van der Waals surface area contributed by atoms with Crippen molar-refractivity contribution in [2.45, 2.75) is 6.42 Å². The van der Waals surface area contributed by atoms with E-state index >= 15 is 0 Å². The standard InChI is InChI=1S/C13H16N6O3/c1-22-8-4-7-15-12-11(19(20)21)13(17-9-16-12)18-10-5-2-3-6-14-10/h2-3,5-6,9H,4,7-8H2,1H3,(H2,14,15,16,17,18). The highest BCUT2D eigenvalue weighted by Gasteiger charge is 2.23. The molecule has 0 saturated carbocycles. The molecule has 0 aliphatic rings. The Kier molecular flexibility index (Phi) is 5.55. The highest BCUT2D eigenvalue weighted by atomic mass is 16.6. The van der Waals surface area contributed by atoms with E-state index in [0.717, 1.165) is 0 Å². The lowest BCUT2D eigenvalue weighted by atomic mass is 10.3. The first-order valence-electron chi connectivity index (χ1n) is 6.62. The highest BCUT2D eigenvalue weighted by Crippen LogP contribution is 2.30. The number of aromatic nitrogens is 3. The van der Waals surface area contributed by atoms with E-state index in [1.54, 1.807) is 31.5 Å². The van der Waals surface area contributed by atoms with Crippen molar-refractivity contribution in [1.29, 1.82) is 0 Å². The lowest BCUT2D eigenvalue weighted by molar-refractivity contribution is -0.383. The van der Waals surface area contributed by atoms with Crippen molar-refractivity contribution in [3.05, 3.63) is 40.8 Å². The van der Waals surface area contributed by atoms with Gasteiger partial charge >= 0.3 is 5.69 Å². The van der Waals surface area contributed by atoms with Crippen LogP contribution < -0.4 is 10.6 Å². The SMILES string of the molecule is COCCCNc1ncnc(Nc2ccccn2)c1[N+](=O)[O-]. The van der Waals surface area contributed by atoms with Gasteiger partial charge in [-0.05, 0) is 18.6 Å². The summed E-state index contributed by atoms with van der Waals surface area (Å²) in [5, 5.41) is 17.1. The van der Waals surface area contributed by atoms with Crippen molar-refractivity contribution >= 4 is 23.1 Å². The van der Waals surface area contributed by atoms with E-state index < -0.39 is 4.92 Å². The van der Waals surface area contributed by atoms with Crippen LogP contribution in [0.2, 0.25) is 0 Å². The highest BCUT2D eigenvalue weighted by molar-refractivity contribution is 5.72. The molecule has 0 aliphatic carbocycles. The third kappa shape index (κ3) is 4.09. The topological polar surface area (TPSA) is 115 Å². The van der Waals surface area contributed by atoms with Gasteiger partial charge in [-0.15, -0.1) is 0 Å². The monoisotopic (exact) mass is 304 g/mol. The van der Waals surface area contributed by atoms with Crippen LogP contribution in [0.1, 0.15) is 6.42 Å². The van der Waals surface area contributed by atoms with Crippen LogP contribution in [0.5, 0.6) is 0 Å². The summed E-state index contributed by atoms with van der Waals surface area (Å²) < 4.78 is 4.93. The molecule has 9 nitrogen and oxygen atoms in total. The maximum atomic E-state index is 11.3. The molecular weight excluding hydrogens is 288 g/mol. The van der Waals surface area contributed by atoms with Gasteiger partial charge in [0.1, 0.15) is 12.1 Å². The fourth-order valence-corrected chi connectivity index (χ4v) is 1.75. The minimum Gasteiger partial charge on any atom is -0.385 e. The Morgan fingerprint density at radius 3 is 2.77 bits per heavy atom. The van der Waals surface area contributed by atoms with Gasteiger partial charge in [-0.25, -0.2) is 15.0 Å². The zero-order valence-electron chi connectivity index (χ0n) is 12.0. The van der Waals surface area contributed by atoms with Crippen LogP contribution in [0.25, 0.3) is 0 Å². The molecule has 22 heavy (non-hydrogen) atoms. The Bertz CT molecular complexity index is 622. The molecule has 0 bridgehead atoms. The number of nitro groups is 1. The van der Waals surface area contributed by atoms with Gasteiger partial charge in [0.2, 0.25) is 11.6 Å². The van der Waals surface area contributed by atoms with Crippen LogP contribution in [0.15, 0.2) is 30.7 Å². The molecule has 0 aliphatic heterocycles. The molecule has 0 aromatic carbocycles. The average Bonchev–Trinajstić information content (AvgIpc) is 2.52. The fraction of sp³-hybridized carbons (Fsp3) is 0.308. The molecule has 2 rings (SSSR count). The van der Waals surface area contributed by atoms with E-state index in [1.165, 1.54) is 6.33 Å². The Labute approximate surface area is 126 Å². The summed E-state index contributed by atoms with van der Waals surface area (Å²) in [4.78, 5) is 22.7. The number of pyridine rings is 1.